The molecule has 1 fully saturated rings. The maximum atomic E-state index is 4.33. The first-order valence-electron chi connectivity index (χ1n) is 9.07. The standard InChI is InChI=1S/C19H28N6.HI/c1-3-24-12-4-6-18(24)15-22-19(20-2)21-14-16-7-9-17(10-8-16)25-13-5-11-23-25;/h5,7-11,13,18H,3-4,6,12,14-15H2,1-2H3,(H2,20,21,22);1H. The second-order valence-electron chi connectivity index (χ2n) is 6.35. The molecular formula is C19H29IN6. The number of likely N-dealkylation sites (tertiary alicyclic amines) is 1. The SMILES string of the molecule is CCN1CCCC1CNC(=NC)NCc1ccc(-n2cccn2)cc1.I. The molecule has 0 aliphatic carbocycles. The van der Waals surface area contributed by atoms with E-state index in [4.69, 9.17) is 0 Å². The molecule has 1 aliphatic heterocycles. The van der Waals surface area contributed by atoms with E-state index in [1.165, 1.54) is 24.9 Å². The van der Waals surface area contributed by atoms with Crippen LogP contribution in [0, 0.1) is 0 Å². The molecule has 1 atom stereocenters. The fraction of sp³-hybridized carbons (Fsp3) is 0.474. The van der Waals surface area contributed by atoms with Crippen LogP contribution in [-0.2, 0) is 6.54 Å². The lowest BCUT2D eigenvalue weighted by atomic mass is 10.2. The Hall–Kier alpha value is -1.61. The lowest BCUT2D eigenvalue weighted by molar-refractivity contribution is 0.267. The summed E-state index contributed by atoms with van der Waals surface area (Å²) >= 11 is 0. The highest BCUT2D eigenvalue weighted by Crippen LogP contribution is 2.15. The topological polar surface area (TPSA) is 57.5 Å². The van der Waals surface area contributed by atoms with Gasteiger partial charge in [-0.2, -0.15) is 5.10 Å². The molecule has 0 saturated carbocycles. The largest absolute Gasteiger partial charge is 0.355 e. The summed E-state index contributed by atoms with van der Waals surface area (Å²) in [4.78, 5) is 6.87. The van der Waals surface area contributed by atoms with Crippen molar-refractivity contribution in [1.29, 1.82) is 0 Å². The molecule has 0 radical (unpaired) electrons. The minimum atomic E-state index is 0. The molecule has 1 saturated heterocycles. The van der Waals surface area contributed by atoms with E-state index >= 15 is 0 Å². The van der Waals surface area contributed by atoms with Gasteiger partial charge in [0.15, 0.2) is 5.96 Å². The molecule has 0 spiro atoms. The highest BCUT2D eigenvalue weighted by molar-refractivity contribution is 14.0. The Morgan fingerprint density at radius 3 is 2.73 bits per heavy atom. The average molecular weight is 468 g/mol. The van der Waals surface area contributed by atoms with E-state index in [2.05, 4.69) is 56.8 Å². The number of hydrogen-bond donors (Lipinski definition) is 2. The number of halogens is 1. The number of rotatable bonds is 6. The van der Waals surface area contributed by atoms with Gasteiger partial charge < -0.3 is 10.6 Å². The molecule has 0 bridgehead atoms. The number of likely N-dealkylation sites (N-methyl/N-ethyl adjacent to an activating group) is 1. The molecule has 2 heterocycles. The van der Waals surface area contributed by atoms with E-state index in [1.807, 2.05) is 24.0 Å². The van der Waals surface area contributed by atoms with Crippen molar-refractivity contribution < 1.29 is 0 Å². The van der Waals surface area contributed by atoms with Crippen molar-refractivity contribution in [2.75, 3.05) is 26.7 Å². The fourth-order valence-electron chi connectivity index (χ4n) is 3.35. The van der Waals surface area contributed by atoms with E-state index in [-0.39, 0.29) is 24.0 Å². The molecule has 1 aromatic heterocycles. The first-order valence-corrected chi connectivity index (χ1v) is 9.07. The maximum Gasteiger partial charge on any atom is 0.191 e. The molecule has 26 heavy (non-hydrogen) atoms. The van der Waals surface area contributed by atoms with Gasteiger partial charge in [-0.3, -0.25) is 9.89 Å². The molecule has 1 unspecified atom stereocenters. The maximum absolute atomic E-state index is 4.33. The molecule has 2 N–H and O–H groups in total. The van der Waals surface area contributed by atoms with Gasteiger partial charge >= 0.3 is 0 Å². The summed E-state index contributed by atoms with van der Waals surface area (Å²) in [6, 6.07) is 10.9. The Balaban J connectivity index is 0.00000243. The van der Waals surface area contributed by atoms with Crippen LogP contribution < -0.4 is 10.6 Å². The van der Waals surface area contributed by atoms with E-state index in [0.29, 0.717) is 6.04 Å². The normalized spacial score (nSPS) is 17.8. The lowest BCUT2D eigenvalue weighted by Gasteiger charge is -2.24. The summed E-state index contributed by atoms with van der Waals surface area (Å²) < 4.78 is 1.86. The molecule has 3 rings (SSSR count). The Morgan fingerprint density at radius 1 is 1.27 bits per heavy atom. The van der Waals surface area contributed by atoms with Gasteiger partial charge in [-0.15, -0.1) is 24.0 Å². The van der Waals surface area contributed by atoms with Crippen molar-refractivity contribution in [3.05, 3.63) is 48.3 Å². The highest BCUT2D eigenvalue weighted by Gasteiger charge is 2.22. The molecule has 1 aliphatic rings. The zero-order chi connectivity index (χ0) is 17.5. The first-order chi connectivity index (χ1) is 12.3. The molecular weight excluding hydrogens is 439 g/mol. The van der Waals surface area contributed by atoms with Crippen LogP contribution in [0.2, 0.25) is 0 Å². The van der Waals surface area contributed by atoms with Crippen molar-refractivity contribution >= 4 is 29.9 Å². The van der Waals surface area contributed by atoms with Crippen LogP contribution >= 0.6 is 24.0 Å². The number of nitrogens with one attached hydrogen (secondary N) is 2. The number of hydrogen-bond acceptors (Lipinski definition) is 3. The van der Waals surface area contributed by atoms with Crippen LogP contribution in [0.3, 0.4) is 0 Å². The summed E-state index contributed by atoms with van der Waals surface area (Å²) in [6.45, 7) is 6.28. The van der Waals surface area contributed by atoms with Crippen LogP contribution in [0.5, 0.6) is 0 Å². The van der Waals surface area contributed by atoms with Crippen molar-refractivity contribution in [3.63, 3.8) is 0 Å². The Morgan fingerprint density at radius 2 is 2.08 bits per heavy atom. The number of benzene rings is 1. The van der Waals surface area contributed by atoms with Gasteiger partial charge in [0.2, 0.25) is 0 Å². The quantitative estimate of drug-likeness (QED) is 0.389. The second kappa shape index (κ2) is 10.5. The van der Waals surface area contributed by atoms with E-state index in [9.17, 15) is 0 Å². The Labute approximate surface area is 173 Å². The predicted octanol–water partition coefficient (Wildman–Crippen LogP) is 2.64. The van der Waals surface area contributed by atoms with Gasteiger partial charge in [-0.05, 0) is 49.7 Å². The van der Waals surface area contributed by atoms with Gasteiger partial charge in [0, 0.05) is 38.6 Å². The third-order valence-electron chi connectivity index (χ3n) is 4.80. The minimum absolute atomic E-state index is 0. The number of aliphatic imine (C=N–C) groups is 1. The van der Waals surface area contributed by atoms with Gasteiger partial charge in [0.05, 0.1) is 5.69 Å². The minimum Gasteiger partial charge on any atom is -0.355 e. The smallest absolute Gasteiger partial charge is 0.191 e. The predicted molar refractivity (Wildman–Crippen MR) is 117 cm³/mol. The highest BCUT2D eigenvalue weighted by atomic mass is 127. The van der Waals surface area contributed by atoms with Crippen molar-refractivity contribution in [2.24, 2.45) is 4.99 Å². The summed E-state index contributed by atoms with van der Waals surface area (Å²) in [5.74, 6) is 0.860. The van der Waals surface area contributed by atoms with Gasteiger partial charge in [0.25, 0.3) is 0 Å². The monoisotopic (exact) mass is 468 g/mol. The molecule has 6 nitrogen and oxygen atoms in total. The molecule has 7 heteroatoms. The molecule has 2 aromatic rings. The van der Waals surface area contributed by atoms with Crippen molar-refractivity contribution in [1.82, 2.24) is 25.3 Å². The second-order valence-corrected chi connectivity index (χ2v) is 6.35. The zero-order valence-corrected chi connectivity index (χ0v) is 17.9. The van der Waals surface area contributed by atoms with Crippen molar-refractivity contribution in [2.45, 2.75) is 32.4 Å². The van der Waals surface area contributed by atoms with Crippen LogP contribution in [0.25, 0.3) is 5.69 Å². The van der Waals surface area contributed by atoms with E-state index < -0.39 is 0 Å². The molecule has 1 aromatic carbocycles. The Bertz CT molecular complexity index is 668. The molecule has 142 valence electrons. The summed E-state index contributed by atoms with van der Waals surface area (Å²) in [7, 11) is 1.82. The van der Waals surface area contributed by atoms with Crippen LogP contribution in [0.4, 0.5) is 0 Å². The average Bonchev–Trinajstić information content (AvgIpc) is 3.34. The number of aromatic nitrogens is 2. The first kappa shape index (κ1) is 20.7. The summed E-state index contributed by atoms with van der Waals surface area (Å²) in [5, 5.41) is 11.1. The zero-order valence-electron chi connectivity index (χ0n) is 15.6. The van der Waals surface area contributed by atoms with Crippen LogP contribution in [0.15, 0.2) is 47.7 Å². The fourth-order valence-corrected chi connectivity index (χ4v) is 3.35. The van der Waals surface area contributed by atoms with E-state index in [0.717, 1.165) is 31.3 Å². The Kier molecular flexibility index (Phi) is 8.37. The van der Waals surface area contributed by atoms with Gasteiger partial charge in [0.1, 0.15) is 0 Å². The van der Waals surface area contributed by atoms with Gasteiger partial charge in [-0.25, -0.2) is 4.68 Å². The number of nitrogens with zero attached hydrogens (tertiary/aromatic N) is 4. The van der Waals surface area contributed by atoms with Gasteiger partial charge in [-0.1, -0.05) is 19.1 Å². The van der Waals surface area contributed by atoms with E-state index in [1.54, 1.807) is 6.20 Å². The molecule has 0 amide bonds. The summed E-state index contributed by atoms with van der Waals surface area (Å²) in [6.07, 6.45) is 6.30. The van der Waals surface area contributed by atoms with Crippen LogP contribution in [0.1, 0.15) is 25.3 Å². The third-order valence-corrected chi connectivity index (χ3v) is 4.80. The van der Waals surface area contributed by atoms with Crippen LogP contribution in [-0.4, -0.2) is 53.4 Å². The summed E-state index contributed by atoms with van der Waals surface area (Å²) in [5.41, 5.74) is 2.28. The van der Waals surface area contributed by atoms with Crippen molar-refractivity contribution in [3.8, 4) is 5.69 Å². The lowest BCUT2D eigenvalue weighted by Crippen LogP contribution is -2.44. The number of guanidine groups is 1. The third kappa shape index (κ3) is 5.44.